The molecule has 0 aliphatic heterocycles. The normalized spacial score (nSPS) is 10.8. The molecule has 0 heterocycles. The molecule has 1 N–H and O–H groups in total. The van der Waals surface area contributed by atoms with Crippen molar-refractivity contribution in [2.45, 2.75) is 6.61 Å². The van der Waals surface area contributed by atoms with E-state index in [1.165, 1.54) is 25.3 Å². The van der Waals surface area contributed by atoms with Crippen molar-refractivity contribution < 1.29 is 23.4 Å². The molecule has 0 aromatic heterocycles. The molecule has 0 unspecified atom stereocenters. The largest absolute Gasteiger partial charge is 0.497 e. The Hall–Kier alpha value is -4.31. The lowest BCUT2D eigenvalue weighted by atomic mass is 10.1. The van der Waals surface area contributed by atoms with Crippen LogP contribution in [0.4, 0.5) is 10.1 Å². The first-order valence-electron chi connectivity index (χ1n) is 9.65. The van der Waals surface area contributed by atoms with Gasteiger partial charge in [-0.1, -0.05) is 12.1 Å². The van der Waals surface area contributed by atoms with Gasteiger partial charge in [0.1, 0.15) is 41.3 Å². The Morgan fingerprint density at radius 1 is 1.00 bits per heavy atom. The Balaban J connectivity index is 1.82. The van der Waals surface area contributed by atoms with Crippen LogP contribution in [0.5, 0.6) is 17.2 Å². The molecule has 0 saturated heterocycles. The lowest BCUT2D eigenvalue weighted by molar-refractivity contribution is -0.112. The molecule has 3 aromatic carbocycles. The van der Waals surface area contributed by atoms with Gasteiger partial charge in [0.15, 0.2) is 0 Å². The van der Waals surface area contributed by atoms with Gasteiger partial charge in [-0.3, -0.25) is 4.79 Å². The Bertz CT molecular complexity index is 1150. The molecule has 1 amide bonds. The van der Waals surface area contributed by atoms with Crippen LogP contribution in [0, 0.1) is 17.1 Å². The molecular formula is C25H21FN2O4. The number of anilines is 1. The van der Waals surface area contributed by atoms with Crippen LogP contribution in [0.2, 0.25) is 0 Å². The van der Waals surface area contributed by atoms with E-state index in [-0.39, 0.29) is 18.0 Å². The number of carbonyl (C=O) groups is 1. The minimum absolute atomic E-state index is 0.0994. The molecule has 0 atom stereocenters. The van der Waals surface area contributed by atoms with E-state index < -0.39 is 5.91 Å². The predicted molar refractivity (Wildman–Crippen MR) is 119 cm³/mol. The summed E-state index contributed by atoms with van der Waals surface area (Å²) in [4.78, 5) is 12.6. The third-order valence-electron chi connectivity index (χ3n) is 4.54. The topological polar surface area (TPSA) is 80.6 Å². The maximum Gasteiger partial charge on any atom is 0.266 e. The molecule has 0 aliphatic carbocycles. The fourth-order valence-corrected chi connectivity index (χ4v) is 2.80. The first-order chi connectivity index (χ1) is 15.5. The number of amides is 1. The quantitative estimate of drug-likeness (QED) is 0.402. The number of carbonyl (C=O) groups excluding carboxylic acids is 1. The van der Waals surface area contributed by atoms with E-state index in [0.717, 1.165) is 5.56 Å². The first-order valence-corrected chi connectivity index (χ1v) is 9.65. The molecule has 0 spiro atoms. The number of ether oxygens (including phenoxy) is 3. The van der Waals surface area contributed by atoms with E-state index in [9.17, 15) is 14.4 Å². The molecule has 32 heavy (non-hydrogen) atoms. The third kappa shape index (κ3) is 5.86. The van der Waals surface area contributed by atoms with Crippen LogP contribution in [0.15, 0.2) is 72.3 Å². The zero-order chi connectivity index (χ0) is 22.9. The SMILES string of the molecule is COc1ccc(NC(=O)/C(C#N)=C/c2ccc(OC)cc2OCc2ccc(F)cc2)cc1. The van der Waals surface area contributed by atoms with Crippen molar-refractivity contribution in [2.24, 2.45) is 0 Å². The lowest BCUT2D eigenvalue weighted by Crippen LogP contribution is -2.13. The van der Waals surface area contributed by atoms with E-state index in [2.05, 4.69) is 5.32 Å². The van der Waals surface area contributed by atoms with E-state index >= 15 is 0 Å². The molecular weight excluding hydrogens is 411 g/mol. The Labute approximate surface area is 185 Å². The first kappa shape index (κ1) is 22.4. The summed E-state index contributed by atoms with van der Waals surface area (Å²) in [7, 11) is 3.08. The maximum atomic E-state index is 13.1. The summed E-state index contributed by atoms with van der Waals surface area (Å²) in [5.41, 5.74) is 1.72. The average Bonchev–Trinajstić information content (AvgIpc) is 2.83. The molecule has 6 nitrogen and oxygen atoms in total. The molecule has 162 valence electrons. The number of benzene rings is 3. The van der Waals surface area contributed by atoms with Crippen molar-refractivity contribution >= 4 is 17.7 Å². The van der Waals surface area contributed by atoms with Gasteiger partial charge in [-0.05, 0) is 60.2 Å². The summed E-state index contributed by atoms with van der Waals surface area (Å²) < 4.78 is 29.3. The minimum Gasteiger partial charge on any atom is -0.497 e. The number of nitriles is 1. The average molecular weight is 432 g/mol. The summed E-state index contributed by atoms with van der Waals surface area (Å²) in [6.07, 6.45) is 1.44. The second-order valence-electron chi connectivity index (χ2n) is 6.67. The number of nitrogens with zero attached hydrogens (tertiary/aromatic N) is 1. The van der Waals surface area contributed by atoms with Crippen LogP contribution >= 0.6 is 0 Å². The number of rotatable bonds is 8. The van der Waals surface area contributed by atoms with Gasteiger partial charge in [-0.2, -0.15) is 5.26 Å². The fourth-order valence-electron chi connectivity index (χ4n) is 2.80. The number of hydrogen-bond donors (Lipinski definition) is 1. The molecule has 3 aromatic rings. The van der Waals surface area contributed by atoms with Crippen LogP contribution in [0.25, 0.3) is 6.08 Å². The highest BCUT2D eigenvalue weighted by atomic mass is 19.1. The summed E-state index contributed by atoms with van der Waals surface area (Å²) in [5, 5.41) is 12.2. The van der Waals surface area contributed by atoms with Crippen LogP contribution in [-0.4, -0.2) is 20.1 Å². The molecule has 3 rings (SSSR count). The van der Waals surface area contributed by atoms with Crippen LogP contribution < -0.4 is 19.5 Å². The molecule has 0 bridgehead atoms. The molecule has 0 aliphatic rings. The minimum atomic E-state index is -0.557. The maximum absolute atomic E-state index is 13.1. The van der Waals surface area contributed by atoms with Crippen molar-refractivity contribution in [3.63, 3.8) is 0 Å². The van der Waals surface area contributed by atoms with E-state index in [1.807, 2.05) is 6.07 Å². The van der Waals surface area contributed by atoms with E-state index in [0.29, 0.717) is 28.5 Å². The van der Waals surface area contributed by atoms with Crippen molar-refractivity contribution in [3.8, 4) is 23.3 Å². The van der Waals surface area contributed by atoms with Crippen LogP contribution in [-0.2, 0) is 11.4 Å². The van der Waals surface area contributed by atoms with Gasteiger partial charge in [0.05, 0.1) is 14.2 Å². The predicted octanol–water partition coefficient (Wildman–Crippen LogP) is 4.97. The second kappa shape index (κ2) is 10.6. The molecule has 0 radical (unpaired) electrons. The van der Waals surface area contributed by atoms with Gasteiger partial charge in [-0.15, -0.1) is 0 Å². The number of nitrogens with one attached hydrogen (secondary N) is 1. The summed E-state index contributed by atoms with van der Waals surface area (Å²) in [6.45, 7) is 0.175. The Morgan fingerprint density at radius 3 is 2.28 bits per heavy atom. The van der Waals surface area contributed by atoms with Gasteiger partial charge < -0.3 is 19.5 Å². The van der Waals surface area contributed by atoms with Crippen LogP contribution in [0.1, 0.15) is 11.1 Å². The monoisotopic (exact) mass is 432 g/mol. The van der Waals surface area contributed by atoms with Gasteiger partial charge >= 0.3 is 0 Å². The Kier molecular flexibility index (Phi) is 7.44. The zero-order valence-electron chi connectivity index (χ0n) is 17.6. The highest BCUT2D eigenvalue weighted by Crippen LogP contribution is 2.28. The summed E-state index contributed by atoms with van der Waals surface area (Å²) >= 11 is 0. The number of methoxy groups -OCH3 is 2. The van der Waals surface area contributed by atoms with Crippen molar-refractivity contribution in [3.05, 3.63) is 89.2 Å². The number of halogens is 1. The van der Waals surface area contributed by atoms with Gasteiger partial charge in [0.25, 0.3) is 5.91 Å². The van der Waals surface area contributed by atoms with Crippen LogP contribution in [0.3, 0.4) is 0 Å². The van der Waals surface area contributed by atoms with E-state index in [4.69, 9.17) is 14.2 Å². The molecule has 0 saturated carbocycles. The van der Waals surface area contributed by atoms with Crippen molar-refractivity contribution in [1.29, 1.82) is 5.26 Å². The van der Waals surface area contributed by atoms with Crippen molar-refractivity contribution in [2.75, 3.05) is 19.5 Å². The Morgan fingerprint density at radius 2 is 1.66 bits per heavy atom. The highest BCUT2D eigenvalue weighted by Gasteiger charge is 2.13. The zero-order valence-corrected chi connectivity index (χ0v) is 17.6. The smallest absolute Gasteiger partial charge is 0.266 e. The van der Waals surface area contributed by atoms with Crippen molar-refractivity contribution in [1.82, 2.24) is 0 Å². The summed E-state index contributed by atoms with van der Waals surface area (Å²) in [5.74, 6) is 0.731. The van der Waals surface area contributed by atoms with Gasteiger partial charge in [-0.25, -0.2) is 4.39 Å². The number of hydrogen-bond acceptors (Lipinski definition) is 5. The lowest BCUT2D eigenvalue weighted by Gasteiger charge is -2.12. The second-order valence-corrected chi connectivity index (χ2v) is 6.67. The third-order valence-corrected chi connectivity index (χ3v) is 4.54. The van der Waals surface area contributed by atoms with E-state index in [1.54, 1.807) is 61.7 Å². The van der Waals surface area contributed by atoms with Gasteiger partial charge in [0, 0.05) is 17.3 Å². The highest BCUT2D eigenvalue weighted by molar-refractivity contribution is 6.09. The van der Waals surface area contributed by atoms with Gasteiger partial charge in [0.2, 0.25) is 0 Å². The summed E-state index contributed by atoms with van der Waals surface area (Å²) in [6, 6.07) is 19.7. The molecule has 0 fully saturated rings. The fraction of sp³-hybridized carbons (Fsp3) is 0.120. The molecule has 7 heteroatoms. The standard InChI is InChI=1S/C25H21FN2O4/c1-30-22-11-8-21(9-12-22)28-25(29)19(15-27)13-18-5-10-23(31-2)14-24(18)32-16-17-3-6-20(26)7-4-17/h3-14H,16H2,1-2H3,(H,28,29)/b19-13+.